The molecule has 8 nitrogen and oxygen atoms in total. The largest absolute Gasteiger partial charge is 0.384 e. The zero-order valence-corrected chi connectivity index (χ0v) is 11.7. The summed E-state index contributed by atoms with van der Waals surface area (Å²) in [5.41, 5.74) is 3.57. The van der Waals surface area contributed by atoms with Gasteiger partial charge in [0.25, 0.3) is 15.7 Å². The minimum atomic E-state index is -4.63. The Hall–Kier alpha value is -3.14. The van der Waals surface area contributed by atoms with Gasteiger partial charge in [-0.05, 0) is 6.07 Å². The summed E-state index contributed by atoms with van der Waals surface area (Å²) in [6.07, 6.45) is 0. The standard InChI is InChI=1S/C13H8N4O4S/c14-5-8-11(9(6-15)13(18)17-12(8)16)7-3-1-2-4-10(7)22(19,20)21/h1-4H,(H3,16,17,18)(H,19,20,21). The summed E-state index contributed by atoms with van der Waals surface area (Å²) in [5, 5.41) is 18.3. The molecule has 0 amide bonds. The van der Waals surface area contributed by atoms with Crippen molar-refractivity contribution < 1.29 is 13.0 Å². The molecule has 1 heterocycles. The lowest BCUT2D eigenvalue weighted by atomic mass is 9.97. The maximum atomic E-state index is 11.8. The molecule has 0 unspecified atom stereocenters. The number of nitrogens with one attached hydrogen (secondary N) is 1. The van der Waals surface area contributed by atoms with Crippen molar-refractivity contribution in [2.24, 2.45) is 0 Å². The molecule has 1 aromatic heterocycles. The molecular formula is C13H8N4O4S. The highest BCUT2D eigenvalue weighted by Gasteiger charge is 2.24. The van der Waals surface area contributed by atoms with Crippen LogP contribution in [0.3, 0.4) is 0 Å². The minimum Gasteiger partial charge on any atom is -0.384 e. The number of rotatable bonds is 2. The average molecular weight is 316 g/mol. The minimum absolute atomic E-state index is 0.157. The normalized spacial score (nSPS) is 10.7. The summed E-state index contributed by atoms with van der Waals surface area (Å²) < 4.78 is 32.2. The Balaban J connectivity index is 3.07. The first-order valence-corrected chi connectivity index (χ1v) is 7.18. The number of aromatic nitrogens is 1. The third-order valence-corrected chi connectivity index (χ3v) is 3.81. The monoisotopic (exact) mass is 316 g/mol. The van der Waals surface area contributed by atoms with E-state index in [0.29, 0.717) is 0 Å². The third-order valence-electron chi connectivity index (χ3n) is 2.90. The number of hydrogen-bond acceptors (Lipinski definition) is 6. The number of benzene rings is 1. The van der Waals surface area contributed by atoms with Gasteiger partial charge in [0.1, 0.15) is 34.0 Å². The predicted octanol–water partition coefficient (Wildman–Crippen LogP) is 0.614. The molecule has 1 aromatic carbocycles. The highest BCUT2D eigenvalue weighted by atomic mass is 32.2. The van der Waals surface area contributed by atoms with Crippen LogP contribution in [0.25, 0.3) is 11.1 Å². The number of aromatic amines is 1. The Morgan fingerprint density at radius 3 is 2.27 bits per heavy atom. The molecule has 9 heteroatoms. The summed E-state index contributed by atoms with van der Waals surface area (Å²) >= 11 is 0. The van der Waals surface area contributed by atoms with E-state index in [1.807, 2.05) is 0 Å². The molecule has 0 aliphatic carbocycles. The maximum Gasteiger partial charge on any atom is 0.295 e. The molecule has 0 saturated carbocycles. The SMILES string of the molecule is N#Cc1c(N)[nH]c(=O)c(C#N)c1-c1ccccc1S(=O)(=O)O. The Bertz CT molecular complexity index is 1010. The molecule has 2 aromatic rings. The van der Waals surface area contributed by atoms with Crippen molar-refractivity contribution in [3.05, 3.63) is 45.7 Å². The van der Waals surface area contributed by atoms with E-state index in [1.54, 1.807) is 12.1 Å². The summed E-state index contributed by atoms with van der Waals surface area (Å²) in [6, 6.07) is 8.47. The van der Waals surface area contributed by atoms with E-state index in [2.05, 4.69) is 4.98 Å². The Morgan fingerprint density at radius 1 is 1.14 bits per heavy atom. The molecule has 22 heavy (non-hydrogen) atoms. The van der Waals surface area contributed by atoms with E-state index >= 15 is 0 Å². The fourth-order valence-corrected chi connectivity index (χ4v) is 2.71. The van der Waals surface area contributed by atoms with Crippen LogP contribution in [0, 0.1) is 22.7 Å². The van der Waals surface area contributed by atoms with Crippen LogP contribution in [-0.2, 0) is 10.1 Å². The molecule has 0 fully saturated rings. The van der Waals surface area contributed by atoms with Crippen molar-refractivity contribution >= 4 is 15.9 Å². The third kappa shape index (κ3) is 2.42. The molecule has 4 N–H and O–H groups in total. The van der Waals surface area contributed by atoms with Gasteiger partial charge in [-0.2, -0.15) is 18.9 Å². The van der Waals surface area contributed by atoms with Gasteiger partial charge in [0.2, 0.25) is 0 Å². The number of nitrogen functional groups attached to an aromatic ring is 1. The van der Waals surface area contributed by atoms with Gasteiger partial charge in [-0.3, -0.25) is 9.35 Å². The van der Waals surface area contributed by atoms with Gasteiger partial charge in [0.15, 0.2) is 0 Å². The number of pyridine rings is 1. The quantitative estimate of drug-likeness (QED) is 0.684. The highest BCUT2D eigenvalue weighted by Crippen LogP contribution is 2.32. The van der Waals surface area contributed by atoms with E-state index < -0.39 is 26.1 Å². The Labute approximate surface area is 124 Å². The zero-order chi connectivity index (χ0) is 16.5. The molecular weight excluding hydrogens is 308 g/mol. The van der Waals surface area contributed by atoms with Crippen LogP contribution in [-0.4, -0.2) is 18.0 Å². The predicted molar refractivity (Wildman–Crippen MR) is 76.2 cm³/mol. The molecule has 0 atom stereocenters. The summed E-state index contributed by atoms with van der Waals surface area (Å²) in [7, 11) is -4.63. The summed E-state index contributed by atoms with van der Waals surface area (Å²) in [6.45, 7) is 0. The maximum absolute atomic E-state index is 11.8. The molecule has 0 saturated heterocycles. The van der Waals surface area contributed by atoms with Crippen LogP contribution in [0.4, 0.5) is 5.82 Å². The number of nitriles is 2. The first-order valence-electron chi connectivity index (χ1n) is 5.74. The molecule has 0 aliphatic heterocycles. The second kappa shape index (κ2) is 5.33. The van der Waals surface area contributed by atoms with Crippen molar-refractivity contribution in [3.63, 3.8) is 0 Å². The second-order valence-corrected chi connectivity index (χ2v) is 5.58. The van der Waals surface area contributed by atoms with Gasteiger partial charge >= 0.3 is 0 Å². The molecule has 0 aliphatic rings. The molecule has 0 spiro atoms. The van der Waals surface area contributed by atoms with Gasteiger partial charge in [-0.25, -0.2) is 0 Å². The first kappa shape index (κ1) is 15.3. The second-order valence-electron chi connectivity index (χ2n) is 4.19. The fraction of sp³-hybridized carbons (Fsp3) is 0. The first-order chi connectivity index (χ1) is 10.3. The Morgan fingerprint density at radius 2 is 1.73 bits per heavy atom. The lowest BCUT2D eigenvalue weighted by molar-refractivity contribution is 0.483. The van der Waals surface area contributed by atoms with Crippen LogP contribution in [0.5, 0.6) is 0 Å². The number of nitrogens with zero attached hydrogens (tertiary/aromatic N) is 2. The molecule has 110 valence electrons. The van der Waals surface area contributed by atoms with E-state index in [0.717, 1.165) is 6.07 Å². The van der Waals surface area contributed by atoms with Crippen molar-refractivity contribution in [2.75, 3.05) is 5.73 Å². The van der Waals surface area contributed by atoms with Gasteiger partial charge in [0, 0.05) is 11.1 Å². The number of nitrogens with two attached hydrogens (primary N) is 1. The van der Waals surface area contributed by atoms with Crippen molar-refractivity contribution in [3.8, 4) is 23.3 Å². The molecule has 0 bridgehead atoms. The van der Waals surface area contributed by atoms with E-state index in [-0.39, 0.29) is 22.5 Å². The molecule has 2 rings (SSSR count). The Kier molecular flexibility index (Phi) is 3.70. The van der Waals surface area contributed by atoms with E-state index in [4.69, 9.17) is 11.0 Å². The van der Waals surface area contributed by atoms with Crippen LogP contribution in [0.1, 0.15) is 11.1 Å². The summed E-state index contributed by atoms with van der Waals surface area (Å²) in [4.78, 5) is 13.4. The van der Waals surface area contributed by atoms with Crippen molar-refractivity contribution in [1.82, 2.24) is 4.98 Å². The average Bonchev–Trinajstić information content (AvgIpc) is 2.45. The fourth-order valence-electron chi connectivity index (χ4n) is 2.01. The van der Waals surface area contributed by atoms with Crippen molar-refractivity contribution in [1.29, 1.82) is 10.5 Å². The number of anilines is 1. The van der Waals surface area contributed by atoms with E-state index in [9.17, 15) is 23.0 Å². The lowest BCUT2D eigenvalue weighted by Gasteiger charge is -2.11. The van der Waals surface area contributed by atoms with Gasteiger partial charge in [0.05, 0.1) is 0 Å². The van der Waals surface area contributed by atoms with Crippen molar-refractivity contribution in [2.45, 2.75) is 4.90 Å². The molecule has 0 radical (unpaired) electrons. The van der Waals surface area contributed by atoms with Crippen LogP contribution in [0.15, 0.2) is 34.0 Å². The van der Waals surface area contributed by atoms with Crippen LogP contribution in [0.2, 0.25) is 0 Å². The van der Waals surface area contributed by atoms with Crippen LogP contribution >= 0.6 is 0 Å². The smallest absolute Gasteiger partial charge is 0.295 e. The zero-order valence-electron chi connectivity index (χ0n) is 10.9. The van der Waals surface area contributed by atoms with E-state index in [1.165, 1.54) is 18.2 Å². The van der Waals surface area contributed by atoms with Gasteiger partial charge in [-0.1, -0.05) is 18.2 Å². The summed E-state index contributed by atoms with van der Waals surface area (Å²) in [5.74, 6) is -0.299. The number of H-pyrrole nitrogens is 1. The number of hydrogen-bond donors (Lipinski definition) is 3. The topological polar surface area (TPSA) is 161 Å². The lowest BCUT2D eigenvalue weighted by Crippen LogP contribution is -2.17. The highest BCUT2D eigenvalue weighted by molar-refractivity contribution is 7.86. The van der Waals surface area contributed by atoms with Gasteiger partial charge in [-0.15, -0.1) is 0 Å². The van der Waals surface area contributed by atoms with Crippen LogP contribution < -0.4 is 11.3 Å². The van der Waals surface area contributed by atoms with Gasteiger partial charge < -0.3 is 10.7 Å².